The molecular weight excluding hydrogens is 428 g/mol. The van der Waals surface area contributed by atoms with Crippen LogP contribution in [0.5, 0.6) is 0 Å². The van der Waals surface area contributed by atoms with Crippen LogP contribution < -0.4 is 0 Å². The zero-order valence-corrected chi connectivity index (χ0v) is 20.8. The lowest BCUT2D eigenvalue weighted by atomic mass is 9.66. The molecule has 0 aliphatic carbocycles. The van der Waals surface area contributed by atoms with Crippen LogP contribution in [0.4, 0.5) is 0 Å². The lowest BCUT2D eigenvalue weighted by molar-refractivity contribution is -0.155. The number of hydrogen-bond donors (Lipinski definition) is 1. The van der Waals surface area contributed by atoms with Crippen molar-refractivity contribution in [3.05, 3.63) is 12.7 Å². The van der Waals surface area contributed by atoms with Crippen LogP contribution in [0.25, 0.3) is 0 Å². The van der Waals surface area contributed by atoms with Crippen LogP contribution in [0.1, 0.15) is 60.3 Å². The summed E-state index contributed by atoms with van der Waals surface area (Å²) in [6.07, 6.45) is 4.95. The first-order valence-electron chi connectivity index (χ1n) is 11.8. The second-order valence-corrected chi connectivity index (χ2v) is 11.6. The molecule has 3 aliphatic heterocycles. The van der Waals surface area contributed by atoms with Crippen molar-refractivity contribution in [1.82, 2.24) is 9.80 Å². The van der Waals surface area contributed by atoms with E-state index in [-0.39, 0.29) is 37.0 Å². The van der Waals surface area contributed by atoms with E-state index >= 15 is 0 Å². The molecule has 0 saturated carbocycles. The molecule has 0 aromatic heterocycles. The van der Waals surface area contributed by atoms with Gasteiger partial charge in [-0.05, 0) is 47.0 Å². The van der Waals surface area contributed by atoms with Crippen molar-refractivity contribution in [3.8, 4) is 0 Å². The van der Waals surface area contributed by atoms with Crippen LogP contribution in [0.2, 0.25) is 0 Å². The summed E-state index contributed by atoms with van der Waals surface area (Å²) in [5.74, 6) is -1.86. The molecule has 8 heteroatoms. The molecule has 1 N–H and O–H groups in total. The van der Waals surface area contributed by atoms with E-state index in [1.807, 2.05) is 18.7 Å². The predicted molar refractivity (Wildman–Crippen MR) is 125 cm³/mol. The molecule has 7 nitrogen and oxygen atoms in total. The summed E-state index contributed by atoms with van der Waals surface area (Å²) in [6.45, 7) is 13.9. The molecule has 0 radical (unpaired) electrons. The van der Waals surface area contributed by atoms with Crippen LogP contribution in [0.3, 0.4) is 0 Å². The summed E-state index contributed by atoms with van der Waals surface area (Å²) >= 11 is 1.63. The Kier molecular flexibility index (Phi) is 7.35. The fraction of sp³-hybridized carbons (Fsp3) is 0.792. The van der Waals surface area contributed by atoms with Crippen LogP contribution >= 0.6 is 11.8 Å². The molecule has 3 fully saturated rings. The molecule has 3 saturated heterocycles. The van der Waals surface area contributed by atoms with E-state index in [9.17, 15) is 19.5 Å². The first-order valence-corrected chi connectivity index (χ1v) is 12.7. The second-order valence-electron chi connectivity index (χ2n) is 9.67. The zero-order valence-electron chi connectivity index (χ0n) is 20.0. The summed E-state index contributed by atoms with van der Waals surface area (Å²) in [5.41, 5.74) is 0. The van der Waals surface area contributed by atoms with Gasteiger partial charge in [-0.3, -0.25) is 14.4 Å². The standard InChI is InChI=1S/C24H38N2O5S/c1-7-10-15(4)25(13-8-2)21(29)19-24-12-11-23(6,32-24)18(22(30)31-9-3)17(24)20(28)26(19)16(5)14-27/h8,15-19,27H,2,7,9-14H2,1,3-6H3/t15?,16-,17+,18-,19?,23+,24?/m1/s1. The molecule has 32 heavy (non-hydrogen) atoms. The lowest BCUT2D eigenvalue weighted by Gasteiger charge is -2.40. The number of carbonyl (C=O) groups is 3. The van der Waals surface area contributed by atoms with Gasteiger partial charge in [0.05, 0.1) is 35.8 Å². The Bertz CT molecular complexity index is 775. The first-order chi connectivity index (χ1) is 15.1. The molecular formula is C24H38N2O5S. The third kappa shape index (κ3) is 3.67. The van der Waals surface area contributed by atoms with Crippen molar-refractivity contribution in [2.45, 2.75) is 87.9 Å². The summed E-state index contributed by atoms with van der Waals surface area (Å²) in [7, 11) is 0. The number of ether oxygens (including phenoxy) is 1. The topological polar surface area (TPSA) is 87.2 Å². The summed E-state index contributed by atoms with van der Waals surface area (Å²) in [5, 5.41) is 9.95. The number of hydrogen-bond acceptors (Lipinski definition) is 6. The second kappa shape index (κ2) is 9.37. The number of nitrogens with zero attached hydrogens (tertiary/aromatic N) is 2. The van der Waals surface area contributed by atoms with Crippen molar-refractivity contribution in [3.63, 3.8) is 0 Å². The normalized spacial score (nSPS) is 34.9. The van der Waals surface area contributed by atoms with Gasteiger partial charge in [-0.25, -0.2) is 0 Å². The monoisotopic (exact) mass is 466 g/mol. The lowest BCUT2D eigenvalue weighted by Crippen LogP contribution is -2.58. The van der Waals surface area contributed by atoms with E-state index in [1.165, 1.54) is 0 Å². The minimum absolute atomic E-state index is 0.00220. The number of carbonyl (C=O) groups excluding carboxylic acids is 3. The molecule has 3 aliphatic rings. The minimum Gasteiger partial charge on any atom is -0.466 e. The molecule has 1 spiro atoms. The average molecular weight is 467 g/mol. The third-order valence-electron chi connectivity index (χ3n) is 7.58. The van der Waals surface area contributed by atoms with Gasteiger partial charge in [0.15, 0.2) is 0 Å². The van der Waals surface area contributed by atoms with Gasteiger partial charge in [-0.1, -0.05) is 19.4 Å². The quantitative estimate of drug-likeness (QED) is 0.393. The van der Waals surface area contributed by atoms with Crippen LogP contribution in [0, 0.1) is 11.8 Å². The highest BCUT2D eigenvalue weighted by atomic mass is 32.2. The van der Waals surface area contributed by atoms with Gasteiger partial charge >= 0.3 is 5.97 Å². The molecule has 2 amide bonds. The van der Waals surface area contributed by atoms with Crippen molar-refractivity contribution < 1.29 is 24.2 Å². The van der Waals surface area contributed by atoms with Crippen molar-refractivity contribution >= 4 is 29.5 Å². The van der Waals surface area contributed by atoms with E-state index in [0.717, 1.165) is 19.3 Å². The Morgan fingerprint density at radius 2 is 2.06 bits per heavy atom. The number of esters is 1. The number of thioether (sulfide) groups is 1. The van der Waals surface area contributed by atoms with E-state index in [0.29, 0.717) is 13.0 Å². The minimum atomic E-state index is -0.715. The van der Waals surface area contributed by atoms with Crippen molar-refractivity contribution in [1.29, 1.82) is 0 Å². The number of rotatable bonds is 10. The molecule has 3 heterocycles. The van der Waals surface area contributed by atoms with Crippen molar-refractivity contribution in [2.24, 2.45) is 11.8 Å². The van der Waals surface area contributed by atoms with E-state index in [4.69, 9.17) is 4.74 Å². The number of fused-ring (bicyclic) bond motifs is 1. The van der Waals surface area contributed by atoms with Gasteiger partial charge in [0, 0.05) is 17.3 Å². The summed E-state index contributed by atoms with van der Waals surface area (Å²) in [6, 6.07) is -1.23. The van der Waals surface area contributed by atoms with Gasteiger partial charge < -0.3 is 19.6 Å². The Labute approximate surface area is 195 Å². The van der Waals surface area contributed by atoms with Gasteiger partial charge in [-0.15, -0.1) is 18.3 Å². The van der Waals surface area contributed by atoms with E-state index < -0.39 is 33.4 Å². The predicted octanol–water partition coefficient (Wildman–Crippen LogP) is 2.61. The number of amides is 2. The Balaban J connectivity index is 2.09. The van der Waals surface area contributed by atoms with E-state index in [1.54, 1.807) is 36.6 Å². The molecule has 2 bridgehead atoms. The zero-order chi connectivity index (χ0) is 23.8. The molecule has 0 aromatic carbocycles. The van der Waals surface area contributed by atoms with Gasteiger partial charge in [0.2, 0.25) is 11.8 Å². The van der Waals surface area contributed by atoms with Gasteiger partial charge in [0.25, 0.3) is 0 Å². The first kappa shape index (κ1) is 25.1. The maximum atomic E-state index is 14.1. The summed E-state index contributed by atoms with van der Waals surface area (Å²) in [4.78, 5) is 44.4. The van der Waals surface area contributed by atoms with Crippen LogP contribution in [-0.2, 0) is 19.1 Å². The summed E-state index contributed by atoms with van der Waals surface area (Å²) < 4.78 is 4.27. The fourth-order valence-corrected chi connectivity index (χ4v) is 8.48. The van der Waals surface area contributed by atoms with Crippen molar-refractivity contribution in [2.75, 3.05) is 19.8 Å². The maximum Gasteiger partial charge on any atom is 0.311 e. The molecule has 3 rings (SSSR count). The van der Waals surface area contributed by atoms with Gasteiger partial charge in [0.1, 0.15) is 6.04 Å². The van der Waals surface area contributed by atoms with Crippen LogP contribution in [0.15, 0.2) is 12.7 Å². The Hall–Kier alpha value is -1.54. The van der Waals surface area contributed by atoms with Crippen LogP contribution in [-0.4, -0.2) is 80.1 Å². The maximum absolute atomic E-state index is 14.1. The fourth-order valence-electron chi connectivity index (χ4n) is 6.15. The third-order valence-corrected chi connectivity index (χ3v) is 9.56. The molecule has 180 valence electrons. The molecule has 0 aromatic rings. The number of aliphatic hydroxyl groups excluding tert-OH is 1. The smallest absolute Gasteiger partial charge is 0.311 e. The SMILES string of the molecule is C=CCN(C(=O)C1N([C@H](C)CO)C(=O)[C@@H]2[C@H](C(=O)OCC)[C@]3(C)CCC12S3)C(C)CCC. The average Bonchev–Trinajstić information content (AvgIpc) is 3.32. The van der Waals surface area contributed by atoms with Gasteiger partial charge in [-0.2, -0.15) is 0 Å². The molecule has 3 unspecified atom stereocenters. The number of likely N-dealkylation sites (tertiary alicyclic amines) is 1. The highest BCUT2D eigenvalue weighted by Gasteiger charge is 2.78. The van der Waals surface area contributed by atoms with E-state index in [2.05, 4.69) is 13.5 Å². The highest BCUT2D eigenvalue weighted by molar-refractivity contribution is 8.02. The molecule has 7 atom stereocenters. The Morgan fingerprint density at radius 1 is 1.38 bits per heavy atom. The Morgan fingerprint density at radius 3 is 2.62 bits per heavy atom. The highest BCUT2D eigenvalue weighted by Crippen LogP contribution is 2.71. The largest absolute Gasteiger partial charge is 0.466 e. The number of aliphatic hydroxyl groups is 1.